The average Bonchev–Trinajstić information content (AvgIpc) is 3.23. The largest absolute Gasteiger partial charge is 0.354 e. The average molecular weight is 341 g/mol. The number of rotatable bonds is 5. The molecule has 0 unspecified atom stereocenters. The summed E-state index contributed by atoms with van der Waals surface area (Å²) in [6.07, 6.45) is 4.72. The Kier molecular flexibility index (Phi) is 4.15. The predicted octanol–water partition coefficient (Wildman–Crippen LogP) is 1.29. The maximum absolute atomic E-state index is 11.8. The minimum absolute atomic E-state index is 0.118. The van der Waals surface area contributed by atoms with Crippen molar-refractivity contribution in [2.24, 2.45) is 5.92 Å². The van der Waals surface area contributed by atoms with Crippen LogP contribution in [0.25, 0.3) is 11.0 Å². The molecule has 0 aromatic carbocycles. The molecule has 2 aromatic rings. The second kappa shape index (κ2) is 6.46. The minimum atomic E-state index is 0.118. The number of aromatic nitrogens is 3. The van der Waals surface area contributed by atoms with Crippen LogP contribution in [0.2, 0.25) is 0 Å². The number of amides is 2. The van der Waals surface area contributed by atoms with Crippen LogP contribution in [0.5, 0.6) is 0 Å². The molecule has 0 bridgehead atoms. The van der Waals surface area contributed by atoms with Crippen LogP contribution in [-0.4, -0.2) is 51.1 Å². The Morgan fingerprint density at radius 1 is 1.32 bits per heavy atom. The monoisotopic (exact) mass is 341 g/mol. The molecule has 7 heteroatoms. The number of hydrogen-bond donors (Lipinski definition) is 1. The smallest absolute Gasteiger partial charge is 0.223 e. The molecule has 1 saturated heterocycles. The molecule has 2 aromatic heterocycles. The first-order chi connectivity index (χ1) is 12.1. The molecule has 1 saturated carbocycles. The van der Waals surface area contributed by atoms with E-state index in [1.54, 1.807) is 13.1 Å². The summed E-state index contributed by atoms with van der Waals surface area (Å²) in [6.45, 7) is 4.28. The molecule has 2 aliphatic rings. The van der Waals surface area contributed by atoms with Gasteiger partial charge in [-0.3, -0.25) is 9.59 Å². The number of likely N-dealkylation sites (tertiary alicyclic amines) is 1. The van der Waals surface area contributed by atoms with Crippen LogP contribution in [-0.2, 0) is 16.1 Å². The van der Waals surface area contributed by atoms with Crippen molar-refractivity contribution >= 4 is 22.8 Å². The fraction of sp³-hybridized carbons (Fsp3) is 0.556. The summed E-state index contributed by atoms with van der Waals surface area (Å²) >= 11 is 0. The molecule has 2 fully saturated rings. The third-order valence-corrected chi connectivity index (χ3v) is 5.13. The number of carbonyl (C=O) groups is 2. The van der Waals surface area contributed by atoms with Gasteiger partial charge in [0.2, 0.25) is 11.8 Å². The van der Waals surface area contributed by atoms with E-state index in [0.29, 0.717) is 13.1 Å². The highest BCUT2D eigenvalue weighted by atomic mass is 16.2. The quantitative estimate of drug-likeness (QED) is 0.889. The standard InChI is InChI=1S/C18H23N5O2/c1-12(24)22-9-6-14(11-22)16-15-3-2-7-19-17(15)23(21-16)10-8-20-18(25)13-4-5-13/h2-3,7,13-14H,4-6,8-11H2,1H3,(H,20,25)/t14-/m1/s1. The van der Waals surface area contributed by atoms with Gasteiger partial charge in [0, 0.05) is 50.0 Å². The molecule has 1 N–H and O–H groups in total. The Hall–Kier alpha value is -2.44. The van der Waals surface area contributed by atoms with Crippen molar-refractivity contribution in [2.75, 3.05) is 19.6 Å². The van der Waals surface area contributed by atoms with E-state index in [1.165, 1.54) is 0 Å². The second-order valence-corrected chi connectivity index (χ2v) is 7.00. The van der Waals surface area contributed by atoms with Crippen LogP contribution >= 0.6 is 0 Å². The van der Waals surface area contributed by atoms with Gasteiger partial charge in [0.15, 0.2) is 5.65 Å². The molecule has 3 heterocycles. The van der Waals surface area contributed by atoms with Crippen molar-refractivity contribution in [3.05, 3.63) is 24.0 Å². The van der Waals surface area contributed by atoms with Gasteiger partial charge in [-0.2, -0.15) is 5.10 Å². The van der Waals surface area contributed by atoms with Crippen LogP contribution in [0.1, 0.15) is 37.8 Å². The Morgan fingerprint density at radius 2 is 2.16 bits per heavy atom. The Balaban J connectivity index is 1.52. The highest BCUT2D eigenvalue weighted by molar-refractivity contribution is 5.81. The topological polar surface area (TPSA) is 80.1 Å². The van der Waals surface area contributed by atoms with E-state index in [0.717, 1.165) is 49.1 Å². The Morgan fingerprint density at radius 3 is 2.88 bits per heavy atom. The SMILES string of the molecule is CC(=O)N1CC[C@@H](c2nn(CCNC(=O)C3CC3)c3ncccc23)C1. The summed E-state index contributed by atoms with van der Waals surface area (Å²) in [5, 5.41) is 8.81. The minimum Gasteiger partial charge on any atom is -0.354 e. The van der Waals surface area contributed by atoms with Gasteiger partial charge < -0.3 is 10.2 Å². The third kappa shape index (κ3) is 3.23. The number of hydrogen-bond acceptors (Lipinski definition) is 4. The molecule has 1 atom stereocenters. The molecule has 0 radical (unpaired) electrons. The van der Waals surface area contributed by atoms with Gasteiger partial charge in [0.05, 0.1) is 12.2 Å². The first kappa shape index (κ1) is 16.1. The Bertz CT molecular complexity index is 811. The molecule has 0 spiro atoms. The van der Waals surface area contributed by atoms with Crippen LogP contribution in [0, 0.1) is 5.92 Å². The van der Waals surface area contributed by atoms with Gasteiger partial charge in [0.25, 0.3) is 0 Å². The van der Waals surface area contributed by atoms with Crippen LogP contribution in [0.3, 0.4) is 0 Å². The summed E-state index contributed by atoms with van der Waals surface area (Å²) in [6, 6.07) is 3.96. The fourth-order valence-corrected chi connectivity index (χ4v) is 3.54. The molecular formula is C18H23N5O2. The normalized spacial score (nSPS) is 20.2. The molecular weight excluding hydrogens is 318 g/mol. The van der Waals surface area contributed by atoms with Gasteiger partial charge >= 0.3 is 0 Å². The molecule has 132 valence electrons. The lowest BCUT2D eigenvalue weighted by Gasteiger charge is -2.12. The summed E-state index contributed by atoms with van der Waals surface area (Å²) in [7, 11) is 0. The van der Waals surface area contributed by atoms with E-state index in [1.807, 2.05) is 21.7 Å². The van der Waals surface area contributed by atoms with Crippen molar-refractivity contribution in [1.82, 2.24) is 25.0 Å². The van der Waals surface area contributed by atoms with Crippen molar-refractivity contribution in [3.8, 4) is 0 Å². The van der Waals surface area contributed by atoms with Crippen molar-refractivity contribution in [2.45, 2.75) is 38.6 Å². The lowest BCUT2D eigenvalue weighted by molar-refractivity contribution is -0.127. The van der Waals surface area contributed by atoms with E-state index in [-0.39, 0.29) is 23.7 Å². The summed E-state index contributed by atoms with van der Waals surface area (Å²) in [5.41, 5.74) is 1.86. The molecule has 25 heavy (non-hydrogen) atoms. The van der Waals surface area contributed by atoms with Crippen LogP contribution < -0.4 is 5.32 Å². The van der Waals surface area contributed by atoms with Gasteiger partial charge in [-0.25, -0.2) is 9.67 Å². The van der Waals surface area contributed by atoms with Gasteiger partial charge in [0.1, 0.15) is 0 Å². The van der Waals surface area contributed by atoms with Crippen molar-refractivity contribution in [3.63, 3.8) is 0 Å². The highest BCUT2D eigenvalue weighted by Crippen LogP contribution is 2.31. The lowest BCUT2D eigenvalue weighted by atomic mass is 10.0. The summed E-state index contributed by atoms with van der Waals surface area (Å²) < 4.78 is 1.88. The number of carbonyl (C=O) groups excluding carboxylic acids is 2. The van der Waals surface area contributed by atoms with E-state index in [2.05, 4.69) is 10.3 Å². The molecule has 1 aliphatic carbocycles. The highest BCUT2D eigenvalue weighted by Gasteiger charge is 2.30. The first-order valence-corrected chi connectivity index (χ1v) is 8.98. The zero-order valence-electron chi connectivity index (χ0n) is 14.4. The molecule has 1 aliphatic heterocycles. The van der Waals surface area contributed by atoms with Gasteiger partial charge in [-0.15, -0.1) is 0 Å². The van der Waals surface area contributed by atoms with Gasteiger partial charge in [-0.05, 0) is 31.4 Å². The second-order valence-electron chi connectivity index (χ2n) is 7.00. The fourth-order valence-electron chi connectivity index (χ4n) is 3.54. The first-order valence-electron chi connectivity index (χ1n) is 8.98. The van der Waals surface area contributed by atoms with Crippen molar-refractivity contribution < 1.29 is 9.59 Å². The lowest BCUT2D eigenvalue weighted by Crippen LogP contribution is -2.28. The zero-order valence-corrected chi connectivity index (χ0v) is 14.4. The maximum atomic E-state index is 11.8. The molecule has 7 nitrogen and oxygen atoms in total. The van der Waals surface area contributed by atoms with Crippen molar-refractivity contribution in [1.29, 1.82) is 0 Å². The third-order valence-electron chi connectivity index (χ3n) is 5.13. The number of nitrogens with zero attached hydrogens (tertiary/aromatic N) is 4. The summed E-state index contributed by atoms with van der Waals surface area (Å²) in [5.74, 6) is 0.738. The number of pyridine rings is 1. The predicted molar refractivity (Wildman–Crippen MR) is 92.9 cm³/mol. The van der Waals surface area contributed by atoms with Crippen LogP contribution in [0.4, 0.5) is 0 Å². The van der Waals surface area contributed by atoms with Gasteiger partial charge in [-0.1, -0.05) is 0 Å². The number of nitrogens with one attached hydrogen (secondary N) is 1. The van der Waals surface area contributed by atoms with E-state index in [9.17, 15) is 9.59 Å². The molecule has 4 rings (SSSR count). The van der Waals surface area contributed by atoms with E-state index in [4.69, 9.17) is 5.10 Å². The van der Waals surface area contributed by atoms with Crippen LogP contribution in [0.15, 0.2) is 18.3 Å². The van der Waals surface area contributed by atoms with E-state index < -0.39 is 0 Å². The maximum Gasteiger partial charge on any atom is 0.223 e. The Labute approximate surface area is 146 Å². The summed E-state index contributed by atoms with van der Waals surface area (Å²) in [4.78, 5) is 29.7. The molecule has 2 amide bonds. The number of fused-ring (bicyclic) bond motifs is 1. The van der Waals surface area contributed by atoms with E-state index >= 15 is 0 Å². The zero-order chi connectivity index (χ0) is 17.4.